The van der Waals surface area contributed by atoms with Gasteiger partial charge in [-0.25, -0.2) is 4.98 Å². The first-order valence-corrected chi connectivity index (χ1v) is 6.81. The molecule has 5 nitrogen and oxygen atoms in total. The number of hydrogen-bond donors (Lipinski definition) is 1. The van der Waals surface area contributed by atoms with Gasteiger partial charge in [0.2, 0.25) is 5.95 Å². The lowest BCUT2D eigenvalue weighted by atomic mass is 10.1. The Balaban J connectivity index is 2.09. The van der Waals surface area contributed by atoms with Crippen molar-refractivity contribution in [3.05, 3.63) is 47.3 Å². The molecule has 0 amide bonds. The first kappa shape index (κ1) is 13.4. The number of aryl methyl sites for hydroxylation is 1. The number of hydrogen-bond acceptors (Lipinski definition) is 4. The molecule has 0 atom stereocenters. The molecule has 3 rings (SSSR count). The van der Waals surface area contributed by atoms with Crippen LogP contribution in [0.2, 0.25) is 0 Å². The molecular formula is C16H18N4O. The number of imidazole rings is 1. The smallest absolute Gasteiger partial charge is 0.201 e. The van der Waals surface area contributed by atoms with E-state index in [1.165, 1.54) is 0 Å². The van der Waals surface area contributed by atoms with E-state index in [2.05, 4.69) is 9.97 Å². The number of ether oxygens (including phenoxy) is 1. The first-order chi connectivity index (χ1) is 10.1. The van der Waals surface area contributed by atoms with Gasteiger partial charge in [-0.2, -0.15) is 0 Å². The standard InChI is InChI=1S/C16H18N4O/c1-10-8-18-13(11(2)15(10)21-3)9-20-14-7-5-4-6-12(14)19-16(20)17/h4-8H,9H2,1-3H3,(H2,17,19). The van der Waals surface area contributed by atoms with E-state index in [-0.39, 0.29) is 0 Å². The average Bonchev–Trinajstić information content (AvgIpc) is 2.78. The molecule has 0 saturated heterocycles. The van der Waals surface area contributed by atoms with Crippen LogP contribution in [0.25, 0.3) is 11.0 Å². The van der Waals surface area contributed by atoms with Crippen LogP contribution in [0, 0.1) is 13.8 Å². The number of para-hydroxylation sites is 2. The highest BCUT2D eigenvalue weighted by molar-refractivity contribution is 5.78. The van der Waals surface area contributed by atoms with Crippen LogP contribution >= 0.6 is 0 Å². The Bertz CT molecular complexity index is 807. The molecule has 5 heteroatoms. The molecule has 0 bridgehead atoms. The Morgan fingerprint density at radius 1 is 1.24 bits per heavy atom. The number of aromatic nitrogens is 3. The van der Waals surface area contributed by atoms with Crippen molar-refractivity contribution in [2.75, 3.05) is 12.8 Å². The van der Waals surface area contributed by atoms with E-state index in [1.54, 1.807) is 7.11 Å². The molecule has 0 aliphatic rings. The van der Waals surface area contributed by atoms with Crippen molar-refractivity contribution >= 4 is 17.0 Å². The minimum absolute atomic E-state index is 0.497. The van der Waals surface area contributed by atoms with E-state index in [4.69, 9.17) is 10.5 Å². The number of nitrogens with two attached hydrogens (primary N) is 1. The first-order valence-electron chi connectivity index (χ1n) is 6.81. The minimum Gasteiger partial charge on any atom is -0.496 e. The number of nitrogen functional groups attached to an aromatic ring is 1. The molecule has 1 aromatic carbocycles. The Morgan fingerprint density at radius 2 is 2.00 bits per heavy atom. The molecule has 0 fully saturated rings. The summed E-state index contributed by atoms with van der Waals surface area (Å²) in [6, 6.07) is 7.91. The molecular weight excluding hydrogens is 264 g/mol. The van der Waals surface area contributed by atoms with Gasteiger partial charge in [-0.05, 0) is 26.0 Å². The van der Waals surface area contributed by atoms with Gasteiger partial charge in [0.15, 0.2) is 0 Å². The SMILES string of the molecule is COc1c(C)cnc(Cn2c(N)nc3ccccc32)c1C. The van der Waals surface area contributed by atoms with E-state index >= 15 is 0 Å². The van der Waals surface area contributed by atoms with Gasteiger partial charge in [0.25, 0.3) is 0 Å². The number of anilines is 1. The van der Waals surface area contributed by atoms with Crippen molar-refractivity contribution < 1.29 is 4.74 Å². The third-order valence-electron chi connectivity index (χ3n) is 3.74. The molecule has 108 valence electrons. The topological polar surface area (TPSA) is 66.0 Å². The Kier molecular flexibility index (Phi) is 3.25. The largest absolute Gasteiger partial charge is 0.496 e. The molecule has 2 heterocycles. The van der Waals surface area contributed by atoms with Crippen molar-refractivity contribution in [2.24, 2.45) is 0 Å². The van der Waals surface area contributed by atoms with Gasteiger partial charge in [-0.3, -0.25) is 4.98 Å². The van der Waals surface area contributed by atoms with E-state index in [0.29, 0.717) is 12.5 Å². The van der Waals surface area contributed by atoms with E-state index in [0.717, 1.165) is 33.6 Å². The summed E-state index contributed by atoms with van der Waals surface area (Å²) >= 11 is 0. The summed E-state index contributed by atoms with van der Waals surface area (Å²) in [4.78, 5) is 8.91. The van der Waals surface area contributed by atoms with Crippen LogP contribution in [-0.2, 0) is 6.54 Å². The maximum absolute atomic E-state index is 6.04. The third kappa shape index (κ3) is 2.20. The lowest BCUT2D eigenvalue weighted by molar-refractivity contribution is 0.406. The van der Waals surface area contributed by atoms with Gasteiger partial charge in [-0.1, -0.05) is 12.1 Å². The highest BCUT2D eigenvalue weighted by Gasteiger charge is 2.13. The van der Waals surface area contributed by atoms with Crippen molar-refractivity contribution in [3.8, 4) is 5.75 Å². The second-order valence-corrected chi connectivity index (χ2v) is 5.09. The summed E-state index contributed by atoms with van der Waals surface area (Å²) in [6.45, 7) is 4.59. The summed E-state index contributed by atoms with van der Waals surface area (Å²) in [5.41, 5.74) is 11.0. The molecule has 0 radical (unpaired) electrons. The molecule has 0 aliphatic heterocycles. The monoisotopic (exact) mass is 282 g/mol. The summed E-state index contributed by atoms with van der Waals surface area (Å²) in [5, 5.41) is 0. The van der Waals surface area contributed by atoms with Crippen molar-refractivity contribution in [1.82, 2.24) is 14.5 Å². The second kappa shape index (κ2) is 5.09. The normalized spacial score (nSPS) is 11.0. The van der Waals surface area contributed by atoms with Crippen LogP contribution in [0.1, 0.15) is 16.8 Å². The number of fused-ring (bicyclic) bond motifs is 1. The summed E-state index contributed by atoms with van der Waals surface area (Å²) < 4.78 is 7.43. The van der Waals surface area contributed by atoms with E-state index < -0.39 is 0 Å². The van der Waals surface area contributed by atoms with Crippen molar-refractivity contribution in [1.29, 1.82) is 0 Å². The van der Waals surface area contributed by atoms with Crippen LogP contribution < -0.4 is 10.5 Å². The highest BCUT2D eigenvalue weighted by atomic mass is 16.5. The number of pyridine rings is 1. The zero-order chi connectivity index (χ0) is 15.0. The zero-order valence-electron chi connectivity index (χ0n) is 12.4. The van der Waals surface area contributed by atoms with Gasteiger partial charge < -0.3 is 15.0 Å². The Labute approximate surface area is 123 Å². The van der Waals surface area contributed by atoms with E-state index in [1.807, 2.05) is 48.9 Å². The quantitative estimate of drug-likeness (QED) is 0.802. The predicted molar refractivity (Wildman–Crippen MR) is 83.5 cm³/mol. The lowest BCUT2D eigenvalue weighted by Gasteiger charge is -2.13. The van der Waals surface area contributed by atoms with Crippen LogP contribution in [-0.4, -0.2) is 21.6 Å². The van der Waals surface area contributed by atoms with Gasteiger partial charge >= 0.3 is 0 Å². The fourth-order valence-corrected chi connectivity index (χ4v) is 2.64. The molecule has 0 saturated carbocycles. The zero-order valence-corrected chi connectivity index (χ0v) is 12.4. The minimum atomic E-state index is 0.497. The number of benzene rings is 1. The molecule has 0 spiro atoms. The number of rotatable bonds is 3. The van der Waals surface area contributed by atoms with Crippen LogP contribution in [0.5, 0.6) is 5.75 Å². The maximum Gasteiger partial charge on any atom is 0.201 e. The molecule has 3 aromatic rings. The summed E-state index contributed by atoms with van der Waals surface area (Å²) in [5.74, 6) is 1.37. The maximum atomic E-state index is 6.04. The molecule has 0 unspecified atom stereocenters. The third-order valence-corrected chi connectivity index (χ3v) is 3.74. The van der Waals surface area contributed by atoms with Gasteiger partial charge in [0, 0.05) is 17.3 Å². The molecule has 2 aromatic heterocycles. The van der Waals surface area contributed by atoms with Crippen LogP contribution in [0.3, 0.4) is 0 Å². The predicted octanol–water partition coefficient (Wildman–Crippen LogP) is 2.69. The number of methoxy groups -OCH3 is 1. The fourth-order valence-electron chi connectivity index (χ4n) is 2.64. The van der Waals surface area contributed by atoms with Crippen LogP contribution in [0.4, 0.5) is 5.95 Å². The van der Waals surface area contributed by atoms with Gasteiger partial charge in [-0.15, -0.1) is 0 Å². The Morgan fingerprint density at radius 3 is 2.76 bits per heavy atom. The highest BCUT2D eigenvalue weighted by Crippen LogP contribution is 2.26. The second-order valence-electron chi connectivity index (χ2n) is 5.09. The molecule has 21 heavy (non-hydrogen) atoms. The molecule has 0 aliphatic carbocycles. The Hall–Kier alpha value is -2.56. The summed E-state index contributed by atoms with van der Waals surface area (Å²) in [7, 11) is 1.68. The molecule has 2 N–H and O–H groups in total. The van der Waals surface area contributed by atoms with Crippen molar-refractivity contribution in [2.45, 2.75) is 20.4 Å². The average molecular weight is 282 g/mol. The fraction of sp³-hybridized carbons (Fsp3) is 0.250. The summed E-state index contributed by atoms with van der Waals surface area (Å²) in [6.07, 6.45) is 1.83. The van der Waals surface area contributed by atoms with Gasteiger partial charge in [0.05, 0.1) is 30.4 Å². The lowest BCUT2D eigenvalue weighted by Crippen LogP contribution is -2.08. The number of nitrogens with zero attached hydrogens (tertiary/aromatic N) is 3. The van der Waals surface area contributed by atoms with Crippen LogP contribution in [0.15, 0.2) is 30.5 Å². The van der Waals surface area contributed by atoms with E-state index in [9.17, 15) is 0 Å². The van der Waals surface area contributed by atoms with Crippen molar-refractivity contribution in [3.63, 3.8) is 0 Å². The van der Waals surface area contributed by atoms with Gasteiger partial charge in [0.1, 0.15) is 5.75 Å².